The van der Waals surface area contributed by atoms with E-state index in [-0.39, 0.29) is 17.1 Å². The van der Waals surface area contributed by atoms with Crippen molar-refractivity contribution in [3.8, 4) is 17.3 Å². The van der Waals surface area contributed by atoms with Crippen LogP contribution in [-0.2, 0) is 6.42 Å². The normalized spacial score (nSPS) is 10.5. The number of pyridine rings is 1. The summed E-state index contributed by atoms with van der Waals surface area (Å²) >= 11 is 5.58. The van der Waals surface area contributed by atoms with Gasteiger partial charge in [-0.3, -0.25) is 0 Å². The second kappa shape index (κ2) is 5.66. The number of nitriles is 1. The lowest BCUT2D eigenvalue weighted by molar-refractivity contribution is 0.381. The molecule has 1 aromatic carbocycles. The number of hydrogen-bond acceptors (Lipinski definition) is 2. The second-order valence-electron chi connectivity index (χ2n) is 3.92. The average Bonchev–Trinajstić information content (AvgIpc) is 2.46. The molecule has 0 aliphatic carbocycles. The van der Waals surface area contributed by atoms with Crippen LogP contribution in [0, 0.1) is 40.4 Å². The number of aromatic nitrogens is 1. The molecule has 0 amide bonds. The zero-order chi connectivity index (χ0) is 15.7. The fraction of sp³-hybridized carbons (Fsp3) is 0.0769. The summed E-state index contributed by atoms with van der Waals surface area (Å²) in [5.74, 6) is -10.5. The first-order chi connectivity index (χ1) is 9.88. The minimum absolute atomic E-state index is 0.00916. The van der Waals surface area contributed by atoms with E-state index in [1.807, 2.05) is 0 Å². The van der Waals surface area contributed by atoms with E-state index in [2.05, 4.69) is 4.98 Å². The van der Waals surface area contributed by atoms with Gasteiger partial charge in [0, 0.05) is 0 Å². The van der Waals surface area contributed by atoms with Gasteiger partial charge in [0.25, 0.3) is 0 Å². The molecule has 0 saturated heterocycles. The zero-order valence-corrected chi connectivity index (χ0v) is 10.8. The molecule has 1 aromatic heterocycles. The lowest BCUT2D eigenvalue weighted by Gasteiger charge is -2.11. The first-order valence-electron chi connectivity index (χ1n) is 5.42. The molecular formula is C13H4ClF5N2. The Morgan fingerprint density at radius 2 is 1.48 bits per heavy atom. The van der Waals surface area contributed by atoms with Gasteiger partial charge in [-0.1, -0.05) is 17.7 Å². The number of benzene rings is 1. The van der Waals surface area contributed by atoms with Gasteiger partial charge >= 0.3 is 0 Å². The minimum Gasteiger partial charge on any atom is -0.236 e. The van der Waals surface area contributed by atoms with E-state index in [0.29, 0.717) is 0 Å². The minimum atomic E-state index is -2.27. The third-order valence-electron chi connectivity index (χ3n) is 2.66. The van der Waals surface area contributed by atoms with Crippen LogP contribution >= 0.6 is 11.6 Å². The third kappa shape index (κ3) is 2.54. The van der Waals surface area contributed by atoms with E-state index in [1.165, 1.54) is 12.1 Å². The van der Waals surface area contributed by atoms with Gasteiger partial charge in [-0.25, -0.2) is 26.9 Å². The molecule has 108 valence electrons. The van der Waals surface area contributed by atoms with E-state index >= 15 is 0 Å². The Labute approximate surface area is 120 Å². The molecule has 0 aliphatic heterocycles. The summed E-state index contributed by atoms with van der Waals surface area (Å²) in [5, 5.41) is 8.43. The number of halogens is 6. The predicted octanol–water partition coefficient (Wildman–Crippen LogP) is 4.16. The van der Waals surface area contributed by atoms with Gasteiger partial charge in [-0.2, -0.15) is 5.26 Å². The second-order valence-corrected chi connectivity index (χ2v) is 4.31. The molecule has 0 spiro atoms. The molecule has 21 heavy (non-hydrogen) atoms. The van der Waals surface area contributed by atoms with Crippen LogP contribution in [0.15, 0.2) is 12.1 Å². The third-order valence-corrected chi connectivity index (χ3v) is 2.87. The van der Waals surface area contributed by atoms with Crippen LogP contribution in [0.5, 0.6) is 0 Å². The maximum Gasteiger partial charge on any atom is 0.200 e. The lowest BCUT2D eigenvalue weighted by Crippen LogP contribution is -2.06. The fourth-order valence-electron chi connectivity index (χ4n) is 1.72. The number of rotatable bonds is 2. The van der Waals surface area contributed by atoms with Crippen molar-refractivity contribution in [3.05, 3.63) is 51.9 Å². The summed E-state index contributed by atoms with van der Waals surface area (Å²) in [6.07, 6.45) is -0.334. The number of nitrogens with zero attached hydrogens (tertiary/aromatic N) is 2. The summed E-state index contributed by atoms with van der Waals surface area (Å²) in [5.41, 5.74) is -1.78. The van der Waals surface area contributed by atoms with Crippen LogP contribution in [-0.4, -0.2) is 4.98 Å². The van der Waals surface area contributed by atoms with Gasteiger partial charge in [-0.15, -0.1) is 0 Å². The molecule has 0 bridgehead atoms. The monoisotopic (exact) mass is 318 g/mol. The van der Waals surface area contributed by atoms with Crippen LogP contribution in [0.1, 0.15) is 5.56 Å². The highest BCUT2D eigenvalue weighted by Crippen LogP contribution is 2.33. The Bertz CT molecular complexity index is 741. The number of hydrogen-bond donors (Lipinski definition) is 0. The smallest absolute Gasteiger partial charge is 0.200 e. The lowest BCUT2D eigenvalue weighted by atomic mass is 10.0. The Hall–Kier alpha value is -2.20. The summed E-state index contributed by atoms with van der Waals surface area (Å²) in [6.45, 7) is 0. The van der Waals surface area contributed by atoms with Crippen molar-refractivity contribution >= 4 is 11.6 Å². The summed E-state index contributed by atoms with van der Waals surface area (Å²) in [4.78, 5) is 3.57. The van der Waals surface area contributed by atoms with Crippen molar-refractivity contribution in [2.24, 2.45) is 0 Å². The van der Waals surface area contributed by atoms with E-state index in [1.54, 1.807) is 6.07 Å². The Balaban J connectivity index is 2.85. The Morgan fingerprint density at radius 3 is 2.00 bits per heavy atom. The largest absolute Gasteiger partial charge is 0.236 e. The molecule has 2 aromatic rings. The van der Waals surface area contributed by atoms with Gasteiger partial charge in [-0.05, 0) is 11.6 Å². The van der Waals surface area contributed by atoms with Gasteiger partial charge in [0.1, 0.15) is 5.15 Å². The molecule has 0 unspecified atom stereocenters. The van der Waals surface area contributed by atoms with E-state index in [4.69, 9.17) is 16.9 Å². The van der Waals surface area contributed by atoms with E-state index < -0.39 is 40.3 Å². The molecular weight excluding hydrogens is 315 g/mol. The highest BCUT2D eigenvalue weighted by molar-refractivity contribution is 6.29. The molecule has 1 heterocycles. The first kappa shape index (κ1) is 15.2. The van der Waals surface area contributed by atoms with E-state index in [0.717, 1.165) is 0 Å². The SMILES string of the molecule is N#CCc1ccc(Cl)nc1-c1c(F)c(F)c(F)c(F)c1F. The highest BCUT2D eigenvalue weighted by atomic mass is 35.5. The van der Waals surface area contributed by atoms with Crippen molar-refractivity contribution in [3.63, 3.8) is 0 Å². The van der Waals surface area contributed by atoms with Gasteiger partial charge in [0.15, 0.2) is 23.3 Å². The standard InChI is InChI=1S/C13H4ClF5N2/c14-6-2-1-5(3-4-20)13(21-6)7-8(15)10(17)12(19)11(18)9(7)16/h1-2H,3H2. The molecule has 0 aliphatic rings. The fourth-order valence-corrected chi connectivity index (χ4v) is 1.87. The van der Waals surface area contributed by atoms with Crippen molar-refractivity contribution in [2.45, 2.75) is 6.42 Å². The molecule has 0 saturated carbocycles. The molecule has 2 rings (SSSR count). The maximum atomic E-state index is 13.8. The Kier molecular flexibility index (Phi) is 4.09. The van der Waals surface area contributed by atoms with Crippen LogP contribution in [0.2, 0.25) is 5.15 Å². The predicted molar refractivity (Wildman–Crippen MR) is 63.8 cm³/mol. The van der Waals surface area contributed by atoms with Crippen LogP contribution < -0.4 is 0 Å². The van der Waals surface area contributed by atoms with Gasteiger partial charge in [0.2, 0.25) is 5.82 Å². The molecule has 0 fully saturated rings. The van der Waals surface area contributed by atoms with Crippen LogP contribution in [0.4, 0.5) is 22.0 Å². The highest BCUT2D eigenvalue weighted by Gasteiger charge is 2.28. The zero-order valence-electron chi connectivity index (χ0n) is 10.0. The Morgan fingerprint density at radius 1 is 0.952 bits per heavy atom. The van der Waals surface area contributed by atoms with Crippen LogP contribution in [0.3, 0.4) is 0 Å². The van der Waals surface area contributed by atoms with Gasteiger partial charge in [0.05, 0.1) is 23.7 Å². The van der Waals surface area contributed by atoms with Crippen molar-refractivity contribution < 1.29 is 22.0 Å². The van der Waals surface area contributed by atoms with Crippen molar-refractivity contribution in [2.75, 3.05) is 0 Å². The molecule has 0 radical (unpaired) electrons. The summed E-state index contributed by atoms with van der Waals surface area (Å²) in [7, 11) is 0. The summed E-state index contributed by atoms with van der Waals surface area (Å²) < 4.78 is 67.0. The average molecular weight is 319 g/mol. The maximum absolute atomic E-state index is 13.8. The summed E-state index contributed by atoms with van der Waals surface area (Å²) in [6, 6.07) is 4.17. The van der Waals surface area contributed by atoms with Gasteiger partial charge < -0.3 is 0 Å². The van der Waals surface area contributed by atoms with Crippen molar-refractivity contribution in [1.29, 1.82) is 5.26 Å². The first-order valence-corrected chi connectivity index (χ1v) is 5.80. The quantitative estimate of drug-likeness (QED) is 0.361. The molecule has 0 atom stereocenters. The molecule has 0 N–H and O–H groups in total. The van der Waals surface area contributed by atoms with E-state index in [9.17, 15) is 22.0 Å². The molecule has 2 nitrogen and oxygen atoms in total. The van der Waals surface area contributed by atoms with Crippen molar-refractivity contribution in [1.82, 2.24) is 4.98 Å². The molecule has 8 heteroatoms. The topological polar surface area (TPSA) is 36.7 Å². The van der Waals surface area contributed by atoms with Crippen LogP contribution in [0.25, 0.3) is 11.3 Å².